The Balaban J connectivity index is 0.00000256. The van der Waals surface area contributed by atoms with Crippen molar-refractivity contribution in [2.24, 2.45) is 17.6 Å². The summed E-state index contributed by atoms with van der Waals surface area (Å²) in [5.41, 5.74) is 5.33. The number of hydrogen-bond donors (Lipinski definition) is 2. The molecule has 1 rings (SSSR count). The predicted octanol–water partition coefficient (Wildman–Crippen LogP) is -0.0560. The summed E-state index contributed by atoms with van der Waals surface area (Å²) in [6.45, 7) is 2.19. The Kier molecular flexibility index (Phi) is 7.04. The first-order chi connectivity index (χ1) is 7.44. The van der Waals surface area contributed by atoms with Crippen molar-refractivity contribution < 1.29 is 13.2 Å². The largest absolute Gasteiger partial charge is 0.355 e. The number of nitrogens with one attached hydrogen (secondary N) is 1. The van der Waals surface area contributed by atoms with Gasteiger partial charge >= 0.3 is 0 Å². The Labute approximate surface area is 109 Å². The van der Waals surface area contributed by atoms with E-state index >= 15 is 0 Å². The lowest BCUT2D eigenvalue weighted by atomic mass is 10.2. The Morgan fingerprint density at radius 3 is 2.53 bits per heavy atom. The van der Waals surface area contributed by atoms with E-state index in [9.17, 15) is 13.2 Å². The summed E-state index contributed by atoms with van der Waals surface area (Å²) in [6.07, 6.45) is 2.05. The second-order valence-corrected chi connectivity index (χ2v) is 6.71. The van der Waals surface area contributed by atoms with E-state index in [1.807, 2.05) is 0 Å². The summed E-state index contributed by atoms with van der Waals surface area (Å²) in [6, 6.07) is 0. The number of halogens is 1. The second kappa shape index (κ2) is 7.18. The molecule has 1 aliphatic rings. The molecule has 1 saturated carbocycles. The van der Waals surface area contributed by atoms with Crippen LogP contribution in [0.2, 0.25) is 0 Å². The molecule has 0 aromatic rings. The number of amides is 1. The third-order valence-electron chi connectivity index (χ3n) is 2.70. The monoisotopic (exact) mass is 284 g/mol. The van der Waals surface area contributed by atoms with E-state index in [0.717, 1.165) is 12.8 Å². The molecule has 0 heterocycles. The zero-order valence-electron chi connectivity index (χ0n) is 10.0. The lowest BCUT2D eigenvalue weighted by molar-refractivity contribution is -0.124. The number of nitrogens with two attached hydrogens (primary N) is 1. The molecule has 1 fully saturated rings. The minimum Gasteiger partial charge on any atom is -0.355 e. The Morgan fingerprint density at radius 1 is 1.47 bits per heavy atom. The molecule has 0 saturated heterocycles. The van der Waals surface area contributed by atoms with Crippen LogP contribution < -0.4 is 11.1 Å². The molecule has 0 aromatic heterocycles. The van der Waals surface area contributed by atoms with E-state index in [4.69, 9.17) is 5.73 Å². The van der Waals surface area contributed by atoms with Crippen molar-refractivity contribution in [1.29, 1.82) is 0 Å². The first-order valence-corrected chi connectivity index (χ1v) is 7.45. The molecule has 0 bridgehead atoms. The van der Waals surface area contributed by atoms with Gasteiger partial charge in [0.05, 0.1) is 11.5 Å². The lowest BCUT2D eigenvalue weighted by Crippen LogP contribution is -2.36. The molecule has 0 spiro atoms. The number of carbonyl (C=O) groups excluding carboxylic acids is 1. The van der Waals surface area contributed by atoms with Gasteiger partial charge in [-0.3, -0.25) is 4.79 Å². The number of hydrogen-bond acceptors (Lipinski definition) is 4. The van der Waals surface area contributed by atoms with E-state index in [0.29, 0.717) is 5.92 Å². The van der Waals surface area contributed by atoms with E-state index in [1.165, 1.54) is 0 Å². The highest BCUT2D eigenvalue weighted by atomic mass is 35.5. The van der Waals surface area contributed by atoms with Crippen molar-refractivity contribution in [2.75, 3.05) is 24.6 Å². The van der Waals surface area contributed by atoms with Crippen molar-refractivity contribution in [3.63, 3.8) is 0 Å². The minimum absolute atomic E-state index is 0. The molecule has 1 amide bonds. The molecule has 3 N–H and O–H groups in total. The fourth-order valence-electron chi connectivity index (χ4n) is 1.34. The smallest absolute Gasteiger partial charge is 0.224 e. The Bertz CT molecular complexity index is 341. The number of rotatable bonds is 7. The minimum atomic E-state index is -2.99. The average molecular weight is 285 g/mol. The fourth-order valence-corrected chi connectivity index (χ4v) is 2.97. The highest BCUT2D eigenvalue weighted by Gasteiger charge is 2.27. The van der Waals surface area contributed by atoms with Crippen LogP contribution in [0.3, 0.4) is 0 Å². The van der Waals surface area contributed by atoms with Gasteiger partial charge in [0, 0.05) is 19.0 Å². The van der Waals surface area contributed by atoms with Gasteiger partial charge in [0.1, 0.15) is 0 Å². The van der Waals surface area contributed by atoms with Gasteiger partial charge < -0.3 is 11.1 Å². The SMILES string of the molecule is CC(CN)C(=O)NCCS(=O)(=O)CC1CC1.Cl. The van der Waals surface area contributed by atoms with Crippen LogP contribution in [0, 0.1) is 11.8 Å². The molecule has 17 heavy (non-hydrogen) atoms. The first kappa shape index (κ1) is 16.7. The Hall–Kier alpha value is -0.330. The molecule has 1 atom stereocenters. The number of sulfone groups is 1. The quantitative estimate of drug-likeness (QED) is 0.686. The van der Waals surface area contributed by atoms with E-state index in [-0.39, 0.29) is 48.8 Å². The zero-order chi connectivity index (χ0) is 12.2. The van der Waals surface area contributed by atoms with Crippen molar-refractivity contribution >= 4 is 28.2 Å². The average Bonchev–Trinajstić information content (AvgIpc) is 2.99. The molecule has 102 valence electrons. The third kappa shape index (κ3) is 6.85. The molecular weight excluding hydrogens is 264 g/mol. The van der Waals surface area contributed by atoms with Crippen LogP contribution in [-0.2, 0) is 14.6 Å². The van der Waals surface area contributed by atoms with Crippen LogP contribution in [0.5, 0.6) is 0 Å². The lowest BCUT2D eigenvalue weighted by Gasteiger charge is -2.09. The molecule has 1 unspecified atom stereocenters. The van der Waals surface area contributed by atoms with Gasteiger partial charge in [0.25, 0.3) is 0 Å². The predicted molar refractivity (Wildman–Crippen MR) is 69.9 cm³/mol. The summed E-state index contributed by atoms with van der Waals surface area (Å²) in [5.74, 6) is 0.237. The summed E-state index contributed by atoms with van der Waals surface area (Å²) in [7, 11) is -2.99. The maximum Gasteiger partial charge on any atom is 0.224 e. The topological polar surface area (TPSA) is 89.3 Å². The van der Waals surface area contributed by atoms with Gasteiger partial charge in [-0.25, -0.2) is 8.42 Å². The van der Waals surface area contributed by atoms with Gasteiger partial charge in [-0.05, 0) is 18.8 Å². The normalized spacial score (nSPS) is 17.1. The van der Waals surface area contributed by atoms with E-state index < -0.39 is 9.84 Å². The van der Waals surface area contributed by atoms with Crippen molar-refractivity contribution in [3.05, 3.63) is 0 Å². The summed E-state index contributed by atoms with van der Waals surface area (Å²) in [4.78, 5) is 11.3. The third-order valence-corrected chi connectivity index (χ3v) is 4.51. The Morgan fingerprint density at radius 2 is 2.06 bits per heavy atom. The van der Waals surface area contributed by atoms with Crippen LogP contribution in [-0.4, -0.2) is 38.9 Å². The van der Waals surface area contributed by atoms with Crippen LogP contribution in [0.1, 0.15) is 19.8 Å². The molecule has 0 radical (unpaired) electrons. The van der Waals surface area contributed by atoms with Crippen LogP contribution >= 0.6 is 12.4 Å². The summed E-state index contributed by atoms with van der Waals surface area (Å²) >= 11 is 0. The summed E-state index contributed by atoms with van der Waals surface area (Å²) in [5, 5.41) is 2.59. The zero-order valence-corrected chi connectivity index (χ0v) is 11.6. The first-order valence-electron chi connectivity index (χ1n) is 5.63. The maximum absolute atomic E-state index is 11.5. The van der Waals surface area contributed by atoms with E-state index in [2.05, 4.69) is 5.32 Å². The molecule has 1 aliphatic carbocycles. The van der Waals surface area contributed by atoms with Crippen molar-refractivity contribution in [1.82, 2.24) is 5.32 Å². The standard InChI is InChI=1S/C10H20N2O3S.ClH/c1-8(6-11)10(13)12-4-5-16(14,15)7-9-2-3-9;/h8-9H,2-7,11H2,1H3,(H,12,13);1H. The van der Waals surface area contributed by atoms with Gasteiger partial charge in [0.15, 0.2) is 9.84 Å². The van der Waals surface area contributed by atoms with Gasteiger partial charge in [-0.1, -0.05) is 6.92 Å². The molecule has 0 aliphatic heterocycles. The van der Waals surface area contributed by atoms with Crippen molar-refractivity contribution in [2.45, 2.75) is 19.8 Å². The molecule has 7 heteroatoms. The second-order valence-electron chi connectivity index (χ2n) is 4.49. The highest BCUT2D eigenvalue weighted by Crippen LogP contribution is 2.30. The molecular formula is C10H21ClN2O3S. The van der Waals surface area contributed by atoms with Crippen molar-refractivity contribution in [3.8, 4) is 0 Å². The molecule has 0 aromatic carbocycles. The maximum atomic E-state index is 11.5. The van der Waals surface area contributed by atoms with Crippen LogP contribution in [0.15, 0.2) is 0 Å². The fraction of sp³-hybridized carbons (Fsp3) is 0.900. The van der Waals surface area contributed by atoms with Gasteiger partial charge in [-0.15, -0.1) is 12.4 Å². The van der Waals surface area contributed by atoms with Gasteiger partial charge in [0.2, 0.25) is 5.91 Å². The van der Waals surface area contributed by atoms with Gasteiger partial charge in [-0.2, -0.15) is 0 Å². The van der Waals surface area contributed by atoms with E-state index in [1.54, 1.807) is 6.92 Å². The summed E-state index contributed by atoms with van der Waals surface area (Å²) < 4.78 is 23.1. The van der Waals surface area contributed by atoms with Crippen LogP contribution in [0.4, 0.5) is 0 Å². The highest BCUT2D eigenvalue weighted by molar-refractivity contribution is 7.91. The molecule has 5 nitrogen and oxygen atoms in total. The number of carbonyl (C=O) groups is 1. The van der Waals surface area contributed by atoms with Crippen LogP contribution in [0.25, 0.3) is 0 Å².